The maximum atomic E-state index is 14.5. The lowest BCUT2D eigenvalue weighted by Gasteiger charge is -2.37. The third-order valence-corrected chi connectivity index (χ3v) is 8.56. The van der Waals surface area contributed by atoms with Gasteiger partial charge in [0, 0.05) is 33.3 Å². The Morgan fingerprint density at radius 2 is 1.46 bits per heavy atom. The first-order valence-electron chi connectivity index (χ1n) is 12.7. The van der Waals surface area contributed by atoms with Crippen LogP contribution < -0.4 is 4.90 Å². The van der Waals surface area contributed by atoms with Gasteiger partial charge in [0.15, 0.2) is 17.3 Å². The lowest BCUT2D eigenvalue weighted by atomic mass is 9.64. The molecule has 3 aliphatic rings. The second-order valence-corrected chi connectivity index (χ2v) is 10.6. The van der Waals surface area contributed by atoms with E-state index in [1.807, 2.05) is 53.5 Å². The highest BCUT2D eigenvalue weighted by Gasteiger charge is 2.71. The third-order valence-electron chi connectivity index (χ3n) is 8.32. The molecule has 1 spiro atoms. The van der Waals surface area contributed by atoms with Crippen LogP contribution in [-0.4, -0.2) is 29.4 Å². The van der Waals surface area contributed by atoms with Crippen LogP contribution in [0.3, 0.4) is 0 Å². The fourth-order valence-electron chi connectivity index (χ4n) is 6.77. The van der Waals surface area contributed by atoms with E-state index >= 15 is 0 Å². The molecule has 2 heterocycles. The Labute approximate surface area is 229 Å². The molecule has 0 radical (unpaired) electrons. The summed E-state index contributed by atoms with van der Waals surface area (Å²) in [5.74, 6) is -2.13. The van der Waals surface area contributed by atoms with Crippen LogP contribution >= 0.6 is 11.6 Å². The maximum absolute atomic E-state index is 14.5. The van der Waals surface area contributed by atoms with Crippen molar-refractivity contribution < 1.29 is 18.8 Å². The molecular formula is C33H21ClFNO3. The van der Waals surface area contributed by atoms with Gasteiger partial charge in [-0.3, -0.25) is 14.4 Å². The predicted molar refractivity (Wildman–Crippen MR) is 148 cm³/mol. The van der Waals surface area contributed by atoms with Gasteiger partial charge in [0.25, 0.3) is 0 Å². The lowest BCUT2D eigenvalue weighted by molar-refractivity contribution is 0.0666. The highest BCUT2D eigenvalue weighted by atomic mass is 35.5. The zero-order chi connectivity index (χ0) is 26.9. The van der Waals surface area contributed by atoms with Crippen molar-refractivity contribution in [1.82, 2.24) is 0 Å². The van der Waals surface area contributed by atoms with Gasteiger partial charge < -0.3 is 4.90 Å². The molecule has 1 saturated heterocycles. The van der Waals surface area contributed by atoms with Gasteiger partial charge in [-0.1, -0.05) is 78.4 Å². The molecule has 0 amide bonds. The highest BCUT2D eigenvalue weighted by molar-refractivity contribution is 6.32. The zero-order valence-corrected chi connectivity index (χ0v) is 21.3. The van der Waals surface area contributed by atoms with Crippen molar-refractivity contribution in [3.05, 3.63) is 142 Å². The molecule has 190 valence electrons. The molecule has 0 aromatic heterocycles. The van der Waals surface area contributed by atoms with E-state index in [-0.39, 0.29) is 17.3 Å². The van der Waals surface area contributed by atoms with Gasteiger partial charge in [0.05, 0.1) is 6.04 Å². The molecule has 7 rings (SSSR count). The van der Waals surface area contributed by atoms with Crippen molar-refractivity contribution in [3.63, 3.8) is 0 Å². The van der Waals surface area contributed by atoms with E-state index in [1.54, 1.807) is 36.4 Å². The summed E-state index contributed by atoms with van der Waals surface area (Å²) in [4.78, 5) is 45.4. The van der Waals surface area contributed by atoms with Crippen molar-refractivity contribution >= 4 is 40.7 Å². The molecule has 0 saturated carbocycles. The van der Waals surface area contributed by atoms with E-state index in [4.69, 9.17) is 11.6 Å². The standard InChI is InChI=1S/C33H21ClFNO3/c34-22-13-16-26-21(18-22)12-17-27-33(31(38)24-8-4-5-9-25(24)32(33)39)28(19-6-2-1-3-7-19)29(36(26)27)30(37)20-10-14-23(35)15-11-20/h1-18,27-29H/t27?,28-,29+/m0/s1. The molecule has 1 aliphatic carbocycles. The first-order chi connectivity index (χ1) is 18.9. The summed E-state index contributed by atoms with van der Waals surface area (Å²) in [7, 11) is 0. The Hall–Kier alpha value is -4.35. The van der Waals surface area contributed by atoms with E-state index in [0.29, 0.717) is 33.0 Å². The number of Topliss-reactive ketones (excluding diaryl/α,β-unsaturated/α-hetero) is 3. The van der Waals surface area contributed by atoms with Crippen LogP contribution in [0.2, 0.25) is 5.02 Å². The molecular weight excluding hydrogens is 513 g/mol. The van der Waals surface area contributed by atoms with Gasteiger partial charge >= 0.3 is 0 Å². The summed E-state index contributed by atoms with van der Waals surface area (Å²) in [5, 5.41) is 0.534. The Morgan fingerprint density at radius 3 is 2.13 bits per heavy atom. The van der Waals surface area contributed by atoms with Crippen molar-refractivity contribution in [3.8, 4) is 0 Å². The molecule has 39 heavy (non-hydrogen) atoms. The van der Waals surface area contributed by atoms with Crippen LogP contribution in [0.5, 0.6) is 0 Å². The fraction of sp³-hybridized carbons (Fsp3) is 0.121. The molecule has 6 heteroatoms. The van der Waals surface area contributed by atoms with Crippen molar-refractivity contribution in [2.24, 2.45) is 5.41 Å². The molecule has 1 unspecified atom stereocenters. The van der Waals surface area contributed by atoms with Gasteiger partial charge in [-0.05, 0) is 53.6 Å². The molecule has 4 aromatic carbocycles. The smallest absolute Gasteiger partial charge is 0.185 e. The molecule has 4 aromatic rings. The van der Waals surface area contributed by atoms with Crippen LogP contribution in [0.25, 0.3) is 6.08 Å². The Balaban J connectivity index is 1.54. The van der Waals surface area contributed by atoms with Gasteiger partial charge in [-0.25, -0.2) is 4.39 Å². The van der Waals surface area contributed by atoms with Crippen molar-refractivity contribution in [1.29, 1.82) is 0 Å². The second kappa shape index (κ2) is 8.58. The normalized spacial score (nSPS) is 22.1. The topological polar surface area (TPSA) is 54.5 Å². The van der Waals surface area contributed by atoms with Crippen LogP contribution in [-0.2, 0) is 0 Å². The first kappa shape index (κ1) is 23.7. The molecule has 4 nitrogen and oxygen atoms in total. The van der Waals surface area contributed by atoms with Gasteiger partial charge in [-0.2, -0.15) is 0 Å². The summed E-state index contributed by atoms with van der Waals surface area (Å²) < 4.78 is 13.8. The Morgan fingerprint density at radius 1 is 0.821 bits per heavy atom. The number of hydrogen-bond acceptors (Lipinski definition) is 4. The van der Waals surface area contributed by atoms with Crippen LogP contribution in [0, 0.1) is 11.2 Å². The monoisotopic (exact) mass is 533 g/mol. The molecule has 0 bridgehead atoms. The van der Waals surface area contributed by atoms with Crippen LogP contribution in [0.15, 0.2) is 103 Å². The maximum Gasteiger partial charge on any atom is 0.185 e. The average molecular weight is 534 g/mol. The largest absolute Gasteiger partial charge is 0.352 e. The van der Waals surface area contributed by atoms with E-state index in [0.717, 1.165) is 5.56 Å². The zero-order valence-electron chi connectivity index (χ0n) is 20.6. The minimum atomic E-state index is -1.57. The van der Waals surface area contributed by atoms with E-state index < -0.39 is 29.2 Å². The van der Waals surface area contributed by atoms with E-state index in [1.165, 1.54) is 24.3 Å². The second-order valence-electron chi connectivity index (χ2n) is 10.2. The summed E-state index contributed by atoms with van der Waals surface area (Å²) in [6, 6.07) is 25.3. The number of nitrogens with zero attached hydrogens (tertiary/aromatic N) is 1. The van der Waals surface area contributed by atoms with Gasteiger partial charge in [-0.15, -0.1) is 0 Å². The van der Waals surface area contributed by atoms with Crippen molar-refractivity contribution in [2.75, 3.05) is 4.90 Å². The summed E-state index contributed by atoms with van der Waals surface area (Å²) in [5.41, 5.74) is 1.68. The number of fused-ring (bicyclic) bond motifs is 5. The molecule has 3 atom stereocenters. The first-order valence-corrected chi connectivity index (χ1v) is 13.1. The third kappa shape index (κ3) is 3.20. The number of carbonyl (C=O) groups excluding carboxylic acids is 3. The van der Waals surface area contributed by atoms with Crippen molar-refractivity contribution in [2.45, 2.75) is 18.0 Å². The minimum Gasteiger partial charge on any atom is -0.352 e. The van der Waals surface area contributed by atoms with Gasteiger partial charge in [0.1, 0.15) is 17.3 Å². The quantitative estimate of drug-likeness (QED) is 0.215. The summed E-state index contributed by atoms with van der Waals surface area (Å²) in [6.45, 7) is 0. The van der Waals surface area contributed by atoms with Crippen LogP contribution in [0.1, 0.15) is 48.1 Å². The highest BCUT2D eigenvalue weighted by Crippen LogP contribution is 2.61. The average Bonchev–Trinajstić information content (AvgIpc) is 3.39. The number of halogens is 2. The van der Waals surface area contributed by atoms with Crippen LogP contribution in [0.4, 0.5) is 10.1 Å². The van der Waals surface area contributed by atoms with Gasteiger partial charge in [0.2, 0.25) is 0 Å². The Bertz CT molecular complexity index is 1680. The SMILES string of the molecule is O=C(c1ccc(F)cc1)[C@H]1[C@H](c2ccccc2)C2(C(=O)c3ccccc3C2=O)C2C=Cc3cc(Cl)ccc3N21. The number of benzene rings is 4. The molecule has 0 N–H and O–H groups in total. The summed E-state index contributed by atoms with van der Waals surface area (Å²) in [6.07, 6.45) is 3.73. The summed E-state index contributed by atoms with van der Waals surface area (Å²) >= 11 is 6.32. The number of rotatable bonds is 3. The number of ketones is 3. The van der Waals surface area contributed by atoms with E-state index in [9.17, 15) is 18.8 Å². The molecule has 2 aliphatic heterocycles. The number of hydrogen-bond donors (Lipinski definition) is 0. The molecule has 1 fully saturated rings. The minimum absolute atomic E-state index is 0.288. The fourth-order valence-corrected chi connectivity index (χ4v) is 6.95. The Kier molecular flexibility index (Phi) is 5.23. The predicted octanol–water partition coefficient (Wildman–Crippen LogP) is 6.80. The number of anilines is 1. The van der Waals surface area contributed by atoms with E-state index in [2.05, 4.69) is 0 Å². The lowest BCUT2D eigenvalue weighted by Crippen LogP contribution is -2.48. The number of carbonyl (C=O) groups is 3.